The zero-order valence-corrected chi connectivity index (χ0v) is 44.5. The van der Waals surface area contributed by atoms with E-state index in [1.165, 1.54) is 110 Å². The molecule has 1 fully saturated rings. The Morgan fingerprint density at radius 2 is 0.787 bits per heavy atom. The third kappa shape index (κ3) is 8.35. The minimum atomic E-state index is 0.335. The molecule has 0 amide bonds. The molecule has 0 N–H and O–H groups in total. The maximum Gasteiger partial charge on any atom is 0.0463 e. The Morgan fingerprint density at radius 1 is 0.312 bits per heavy atom. The number of benzene rings is 13. The fourth-order valence-corrected chi connectivity index (χ4v) is 13.8. The maximum atomic E-state index is 2.69. The summed E-state index contributed by atoms with van der Waals surface area (Å²) in [6, 6.07) is 111. The first-order valence-electron chi connectivity index (χ1n) is 28.4. The van der Waals surface area contributed by atoms with Gasteiger partial charge in [-0.1, -0.05) is 231 Å². The van der Waals surface area contributed by atoms with Gasteiger partial charge in [-0.3, -0.25) is 0 Å². The molecule has 0 bridgehead atoms. The third-order valence-corrected chi connectivity index (χ3v) is 17.4. The molecular weight excluding hydrogens is 965 g/mol. The van der Waals surface area contributed by atoms with Gasteiger partial charge in [0.2, 0.25) is 0 Å². The molecule has 0 spiro atoms. The molecule has 1 aliphatic heterocycles. The first-order chi connectivity index (χ1) is 39.7. The Hall–Kier alpha value is -9.76. The Kier molecular flexibility index (Phi) is 12.0. The minimum Gasteiger partial charge on any atom is -0.338 e. The number of para-hydroxylation sites is 1. The van der Waals surface area contributed by atoms with Crippen LogP contribution in [0.4, 0.5) is 28.4 Å². The number of anilines is 5. The summed E-state index contributed by atoms with van der Waals surface area (Å²) in [5.41, 5.74) is 21.5. The lowest BCUT2D eigenvalue weighted by Gasteiger charge is -2.38. The molecule has 13 aromatic rings. The molecule has 3 atom stereocenters. The molecule has 2 heteroatoms. The molecule has 1 saturated carbocycles. The summed E-state index contributed by atoms with van der Waals surface area (Å²) in [7, 11) is 0. The molecular formula is C78H58N2. The topological polar surface area (TPSA) is 6.48 Å². The van der Waals surface area contributed by atoms with Crippen molar-refractivity contribution in [1.82, 2.24) is 0 Å². The van der Waals surface area contributed by atoms with E-state index in [4.69, 9.17) is 0 Å². The van der Waals surface area contributed by atoms with Gasteiger partial charge in [-0.25, -0.2) is 0 Å². The highest BCUT2D eigenvalue weighted by Gasteiger charge is 2.44. The van der Waals surface area contributed by atoms with Crippen LogP contribution in [0.25, 0.3) is 88.0 Å². The second-order valence-corrected chi connectivity index (χ2v) is 21.8. The molecule has 0 radical (unpaired) electrons. The van der Waals surface area contributed by atoms with E-state index in [9.17, 15) is 0 Å². The third-order valence-electron chi connectivity index (χ3n) is 17.4. The van der Waals surface area contributed by atoms with Crippen molar-refractivity contribution in [3.8, 4) is 55.6 Å². The molecule has 3 unspecified atom stereocenters. The van der Waals surface area contributed by atoms with Crippen LogP contribution in [0.1, 0.15) is 42.2 Å². The van der Waals surface area contributed by atoms with Crippen molar-refractivity contribution in [3.63, 3.8) is 0 Å². The molecule has 380 valence electrons. The quantitative estimate of drug-likeness (QED) is 0.126. The zero-order chi connectivity index (χ0) is 52.9. The minimum absolute atomic E-state index is 0.335. The summed E-state index contributed by atoms with van der Waals surface area (Å²) in [5, 5.41) is 7.52. The van der Waals surface area contributed by atoms with Crippen molar-refractivity contribution >= 4 is 60.8 Å². The van der Waals surface area contributed by atoms with E-state index in [1.54, 1.807) is 0 Å². The van der Waals surface area contributed by atoms with Crippen LogP contribution in [0.2, 0.25) is 0 Å². The zero-order valence-electron chi connectivity index (χ0n) is 44.5. The van der Waals surface area contributed by atoms with Gasteiger partial charge in [-0.15, -0.1) is 0 Å². The number of fused-ring (bicyclic) bond motifs is 6. The first kappa shape index (κ1) is 47.5. The number of hydrogen-bond acceptors (Lipinski definition) is 2. The van der Waals surface area contributed by atoms with Crippen LogP contribution in [0, 0.1) is 0 Å². The van der Waals surface area contributed by atoms with Gasteiger partial charge in [0.25, 0.3) is 0 Å². The largest absolute Gasteiger partial charge is 0.338 e. The van der Waals surface area contributed by atoms with Gasteiger partial charge >= 0.3 is 0 Å². The number of nitrogens with zero attached hydrogens (tertiary/aromatic N) is 2. The lowest BCUT2D eigenvalue weighted by atomic mass is 9.72. The molecule has 13 aromatic carbocycles. The van der Waals surface area contributed by atoms with Gasteiger partial charge in [0.1, 0.15) is 0 Å². The molecule has 0 saturated heterocycles. The molecule has 1 aliphatic carbocycles. The van der Waals surface area contributed by atoms with Gasteiger partial charge in [0.15, 0.2) is 0 Å². The summed E-state index contributed by atoms with van der Waals surface area (Å²) in [6.07, 6.45) is 3.33. The van der Waals surface area contributed by atoms with E-state index >= 15 is 0 Å². The van der Waals surface area contributed by atoms with Crippen LogP contribution in [-0.2, 0) is 0 Å². The standard InChI is InChI=1S/C78H58N2/c1-4-21-54(22-5-1)65-28-12-14-30-67(65)58-40-48-75-73(51-58)74-52-59(68-31-15-13-29-66(68)55-23-6-2-7-24-55)41-49-76(74)80(75)64-46-44-63(45-47-64)79(61-26-8-3-9-27-61)62-42-38-56(39-43-62)77-69-32-16-18-34-71(69)78(72-35-19-17-33-70(72)77)60-37-36-53-20-10-11-25-57(53)50-60/h1-40,42-48,50-51,59,74,76H,41,49,52H2. The predicted octanol–water partition coefficient (Wildman–Crippen LogP) is 21.5. The number of rotatable bonds is 10. The van der Waals surface area contributed by atoms with Crippen LogP contribution >= 0.6 is 0 Å². The van der Waals surface area contributed by atoms with Crippen molar-refractivity contribution in [1.29, 1.82) is 0 Å². The lowest BCUT2D eigenvalue weighted by molar-refractivity contribution is 0.362. The van der Waals surface area contributed by atoms with E-state index in [1.807, 2.05) is 0 Å². The summed E-state index contributed by atoms with van der Waals surface area (Å²) in [5.74, 6) is 0.806. The second-order valence-electron chi connectivity index (χ2n) is 21.8. The first-order valence-corrected chi connectivity index (χ1v) is 28.4. The van der Waals surface area contributed by atoms with E-state index < -0.39 is 0 Å². The monoisotopic (exact) mass is 1020 g/mol. The van der Waals surface area contributed by atoms with Gasteiger partial charge < -0.3 is 9.80 Å². The van der Waals surface area contributed by atoms with Crippen LogP contribution in [0.5, 0.6) is 0 Å². The predicted molar refractivity (Wildman–Crippen MR) is 339 cm³/mol. The molecule has 1 heterocycles. The Bertz CT molecular complexity index is 4340. The van der Waals surface area contributed by atoms with Crippen LogP contribution in [0.15, 0.2) is 297 Å². The van der Waals surface area contributed by atoms with E-state index in [-0.39, 0.29) is 0 Å². The maximum absolute atomic E-state index is 2.69. The smallest absolute Gasteiger partial charge is 0.0463 e. The average Bonchev–Trinajstić information content (AvgIpc) is 3.97. The highest BCUT2D eigenvalue weighted by Crippen LogP contribution is 2.56. The van der Waals surface area contributed by atoms with E-state index in [2.05, 4.69) is 307 Å². The highest BCUT2D eigenvalue weighted by atomic mass is 15.2. The Labute approximate surface area is 469 Å². The highest BCUT2D eigenvalue weighted by molar-refractivity contribution is 6.21. The van der Waals surface area contributed by atoms with Gasteiger partial charge in [-0.05, 0) is 191 Å². The molecule has 15 rings (SSSR count). The van der Waals surface area contributed by atoms with E-state index in [0.29, 0.717) is 17.9 Å². The molecule has 2 aliphatic rings. The average molecular weight is 1020 g/mol. The van der Waals surface area contributed by atoms with Crippen LogP contribution in [-0.4, -0.2) is 6.04 Å². The van der Waals surface area contributed by atoms with Gasteiger partial charge in [0.05, 0.1) is 0 Å². The normalized spacial score (nSPS) is 15.7. The fourth-order valence-electron chi connectivity index (χ4n) is 13.8. The molecule has 0 aromatic heterocycles. The van der Waals surface area contributed by atoms with Crippen molar-refractivity contribution in [3.05, 3.63) is 308 Å². The van der Waals surface area contributed by atoms with Crippen molar-refractivity contribution in [2.24, 2.45) is 0 Å². The van der Waals surface area contributed by atoms with Gasteiger partial charge in [0, 0.05) is 40.4 Å². The Morgan fingerprint density at radius 3 is 1.44 bits per heavy atom. The SMILES string of the molecule is c1ccc(-c2ccccc2-c2ccc3c(c2)C2CC(c4ccccc4-c4ccccc4)CCC2N3c2ccc(N(c3ccccc3)c3ccc(-c4c5ccccc5c(-c5ccc6ccccc6c5)c5ccccc45)cc3)cc2)cc1. The summed E-state index contributed by atoms with van der Waals surface area (Å²) in [6.45, 7) is 0. The molecule has 80 heavy (non-hydrogen) atoms. The summed E-state index contributed by atoms with van der Waals surface area (Å²) in [4.78, 5) is 5.09. The van der Waals surface area contributed by atoms with Crippen molar-refractivity contribution < 1.29 is 0 Å². The summed E-state index contributed by atoms with van der Waals surface area (Å²) >= 11 is 0. The Balaban J connectivity index is 0.799. The van der Waals surface area contributed by atoms with Crippen molar-refractivity contribution in [2.45, 2.75) is 37.1 Å². The van der Waals surface area contributed by atoms with E-state index in [0.717, 1.165) is 36.3 Å². The van der Waals surface area contributed by atoms with Crippen molar-refractivity contribution in [2.75, 3.05) is 9.80 Å². The molecule has 2 nitrogen and oxygen atoms in total. The second kappa shape index (κ2) is 20.2. The lowest BCUT2D eigenvalue weighted by Crippen LogP contribution is -2.34. The van der Waals surface area contributed by atoms with Gasteiger partial charge in [-0.2, -0.15) is 0 Å². The fraction of sp³-hybridized carbons (Fsp3) is 0.0769. The van der Waals surface area contributed by atoms with Crippen LogP contribution in [0.3, 0.4) is 0 Å². The number of hydrogen-bond donors (Lipinski definition) is 0. The summed E-state index contributed by atoms with van der Waals surface area (Å²) < 4.78 is 0. The van der Waals surface area contributed by atoms with Crippen LogP contribution < -0.4 is 9.80 Å².